The third-order valence-electron chi connectivity index (χ3n) is 7.13. The molecule has 9 nitrogen and oxygen atoms in total. The number of anilines is 1. The summed E-state index contributed by atoms with van der Waals surface area (Å²) >= 11 is 6.13. The largest absolute Gasteiger partial charge is 0.493 e. The Kier molecular flexibility index (Phi) is 8.97. The van der Waals surface area contributed by atoms with Crippen LogP contribution in [0.25, 0.3) is 0 Å². The van der Waals surface area contributed by atoms with Crippen molar-refractivity contribution in [3.8, 4) is 5.75 Å². The second-order valence-corrected chi connectivity index (χ2v) is 10.1. The second-order valence-electron chi connectivity index (χ2n) is 9.67. The zero-order valence-corrected chi connectivity index (χ0v) is 21.4. The maximum atomic E-state index is 12.8. The molecule has 3 aliphatic rings. The predicted molar refractivity (Wildman–Crippen MR) is 136 cm³/mol. The van der Waals surface area contributed by atoms with Gasteiger partial charge in [0.15, 0.2) is 0 Å². The lowest BCUT2D eigenvalue weighted by molar-refractivity contribution is -0.0332. The molecule has 3 amide bonds. The van der Waals surface area contributed by atoms with Crippen molar-refractivity contribution in [3.05, 3.63) is 22.7 Å². The number of carbonyl (C=O) groups excluding carboxylic acids is 2. The van der Waals surface area contributed by atoms with E-state index in [9.17, 15) is 9.59 Å². The van der Waals surface area contributed by atoms with Gasteiger partial charge in [-0.1, -0.05) is 11.6 Å². The van der Waals surface area contributed by atoms with Crippen LogP contribution in [0, 0.1) is 5.92 Å². The van der Waals surface area contributed by atoms with Crippen molar-refractivity contribution in [2.24, 2.45) is 5.92 Å². The van der Waals surface area contributed by atoms with Crippen LogP contribution in [0.4, 0.5) is 10.5 Å². The Morgan fingerprint density at radius 3 is 2.57 bits per heavy atom. The van der Waals surface area contributed by atoms with Gasteiger partial charge in [0.2, 0.25) is 0 Å². The number of nitrogens with two attached hydrogens (primary N) is 1. The highest BCUT2D eigenvalue weighted by Crippen LogP contribution is 2.29. The molecule has 3 saturated heterocycles. The molecular formula is C25H38ClN5O4. The molecule has 10 heteroatoms. The van der Waals surface area contributed by atoms with Gasteiger partial charge in [-0.15, -0.1) is 0 Å². The van der Waals surface area contributed by atoms with E-state index in [4.69, 9.17) is 26.8 Å². The molecule has 1 unspecified atom stereocenters. The highest BCUT2D eigenvalue weighted by Gasteiger charge is 2.30. The third-order valence-corrected chi connectivity index (χ3v) is 7.46. The van der Waals surface area contributed by atoms with Crippen molar-refractivity contribution in [3.63, 3.8) is 0 Å². The van der Waals surface area contributed by atoms with Crippen LogP contribution in [0.15, 0.2) is 12.1 Å². The highest BCUT2D eigenvalue weighted by atomic mass is 35.5. The Morgan fingerprint density at radius 2 is 1.86 bits per heavy atom. The molecule has 3 fully saturated rings. The lowest BCUT2D eigenvalue weighted by atomic mass is 9.96. The summed E-state index contributed by atoms with van der Waals surface area (Å²) in [6, 6.07) is 3.35. The molecule has 35 heavy (non-hydrogen) atoms. The molecule has 3 heterocycles. The number of carbonyl (C=O) groups is 2. The fourth-order valence-corrected chi connectivity index (χ4v) is 5.34. The number of hydrogen-bond donors (Lipinski definition) is 2. The average molecular weight is 508 g/mol. The Morgan fingerprint density at radius 1 is 1.14 bits per heavy atom. The van der Waals surface area contributed by atoms with E-state index in [1.165, 1.54) is 0 Å². The van der Waals surface area contributed by atoms with E-state index in [1.54, 1.807) is 12.1 Å². The van der Waals surface area contributed by atoms with Gasteiger partial charge >= 0.3 is 6.03 Å². The minimum absolute atomic E-state index is 0.0793. The summed E-state index contributed by atoms with van der Waals surface area (Å²) in [5.41, 5.74) is 6.61. The monoisotopic (exact) mass is 507 g/mol. The van der Waals surface area contributed by atoms with E-state index >= 15 is 0 Å². The summed E-state index contributed by atoms with van der Waals surface area (Å²) in [4.78, 5) is 31.9. The Bertz CT molecular complexity index is 887. The van der Waals surface area contributed by atoms with E-state index in [1.807, 2.05) is 16.7 Å². The lowest BCUT2D eigenvalue weighted by Crippen LogP contribution is -2.50. The van der Waals surface area contributed by atoms with Gasteiger partial charge in [0.05, 0.1) is 35.6 Å². The van der Waals surface area contributed by atoms with E-state index in [2.05, 4.69) is 10.2 Å². The standard InChI is InChI=1S/C25H38ClN5O4/c1-2-34-23-14-22(27)21(26)13-20(23)24(32)28-15-19-17-29(11-12-35-19)16-18-5-9-31(10-6-18)25(33)30-7-3-4-8-30/h13-14,18-19H,2-12,15-17,27H2,1H3,(H,28,32). The van der Waals surface area contributed by atoms with Gasteiger partial charge in [-0.2, -0.15) is 0 Å². The van der Waals surface area contributed by atoms with Crippen molar-refractivity contribution >= 4 is 29.2 Å². The fraction of sp³-hybridized carbons (Fsp3) is 0.680. The van der Waals surface area contributed by atoms with E-state index < -0.39 is 0 Å². The van der Waals surface area contributed by atoms with Gasteiger partial charge in [0.1, 0.15) is 5.75 Å². The molecule has 0 aromatic heterocycles. The first-order chi connectivity index (χ1) is 16.9. The lowest BCUT2D eigenvalue weighted by Gasteiger charge is -2.39. The quantitative estimate of drug-likeness (QED) is 0.550. The molecule has 0 aliphatic carbocycles. The number of rotatable bonds is 7. The summed E-state index contributed by atoms with van der Waals surface area (Å²) in [7, 11) is 0. The molecule has 1 aromatic carbocycles. The summed E-state index contributed by atoms with van der Waals surface area (Å²) < 4.78 is 11.5. The van der Waals surface area contributed by atoms with Gasteiger partial charge < -0.3 is 30.3 Å². The van der Waals surface area contributed by atoms with Crippen LogP contribution in [-0.2, 0) is 4.74 Å². The maximum Gasteiger partial charge on any atom is 0.319 e. The van der Waals surface area contributed by atoms with Gasteiger partial charge in [0, 0.05) is 58.4 Å². The summed E-state index contributed by atoms with van der Waals surface area (Å²) in [6.45, 7) is 9.49. The number of halogens is 1. The second kappa shape index (κ2) is 12.1. The van der Waals surface area contributed by atoms with Crippen molar-refractivity contribution in [2.45, 2.75) is 38.7 Å². The zero-order chi connectivity index (χ0) is 24.8. The Hall–Kier alpha value is -2.23. The van der Waals surface area contributed by atoms with Crippen molar-refractivity contribution in [2.75, 3.05) is 71.3 Å². The van der Waals surface area contributed by atoms with Crippen LogP contribution in [0.1, 0.15) is 43.0 Å². The first kappa shape index (κ1) is 25.9. The highest BCUT2D eigenvalue weighted by molar-refractivity contribution is 6.33. The van der Waals surface area contributed by atoms with Crippen molar-refractivity contribution in [1.29, 1.82) is 0 Å². The number of amides is 3. The molecule has 3 N–H and O–H groups in total. The van der Waals surface area contributed by atoms with Gasteiger partial charge in [0.25, 0.3) is 5.91 Å². The molecule has 0 spiro atoms. The van der Waals surface area contributed by atoms with Gasteiger partial charge in [-0.25, -0.2) is 4.79 Å². The van der Waals surface area contributed by atoms with E-state index in [-0.39, 0.29) is 18.0 Å². The molecular weight excluding hydrogens is 470 g/mol. The van der Waals surface area contributed by atoms with Gasteiger partial charge in [-0.05, 0) is 44.6 Å². The number of nitrogens with one attached hydrogen (secondary N) is 1. The number of nitrogens with zero attached hydrogens (tertiary/aromatic N) is 3. The number of nitrogen functional groups attached to an aromatic ring is 1. The number of urea groups is 1. The predicted octanol–water partition coefficient (Wildman–Crippen LogP) is 2.68. The number of likely N-dealkylation sites (tertiary alicyclic amines) is 2. The Labute approximate surface area is 212 Å². The molecule has 0 bridgehead atoms. The number of hydrogen-bond acceptors (Lipinski definition) is 6. The summed E-state index contributed by atoms with van der Waals surface area (Å²) in [6.07, 6.45) is 4.25. The molecule has 194 valence electrons. The van der Waals surface area contributed by atoms with E-state index in [0.717, 1.165) is 71.5 Å². The SMILES string of the molecule is CCOc1cc(N)c(Cl)cc1C(=O)NCC1CN(CC2CCN(C(=O)N3CCCC3)CC2)CCO1. The number of piperidine rings is 1. The van der Waals surface area contributed by atoms with Crippen LogP contribution < -0.4 is 15.8 Å². The number of benzene rings is 1. The average Bonchev–Trinajstić information content (AvgIpc) is 3.40. The van der Waals surface area contributed by atoms with Crippen LogP contribution in [0.3, 0.4) is 0 Å². The summed E-state index contributed by atoms with van der Waals surface area (Å²) in [5.74, 6) is 0.746. The minimum Gasteiger partial charge on any atom is -0.493 e. The van der Waals surface area contributed by atoms with Gasteiger partial charge in [-0.3, -0.25) is 9.69 Å². The zero-order valence-electron chi connectivity index (χ0n) is 20.6. The molecule has 1 aromatic rings. The topological polar surface area (TPSA) is 100 Å². The first-order valence-electron chi connectivity index (χ1n) is 12.8. The minimum atomic E-state index is -0.258. The van der Waals surface area contributed by atoms with Crippen LogP contribution >= 0.6 is 11.6 Å². The van der Waals surface area contributed by atoms with Crippen LogP contribution in [0.2, 0.25) is 5.02 Å². The van der Waals surface area contributed by atoms with Crippen LogP contribution in [-0.4, -0.2) is 98.3 Å². The first-order valence-corrected chi connectivity index (χ1v) is 13.2. The maximum absolute atomic E-state index is 12.8. The molecule has 0 saturated carbocycles. The smallest absolute Gasteiger partial charge is 0.319 e. The third kappa shape index (κ3) is 6.71. The van der Waals surface area contributed by atoms with Crippen LogP contribution in [0.5, 0.6) is 5.75 Å². The van der Waals surface area contributed by atoms with E-state index in [0.29, 0.717) is 47.7 Å². The Balaban J connectivity index is 1.22. The number of morpholine rings is 1. The molecule has 0 radical (unpaired) electrons. The molecule has 1 atom stereocenters. The molecule has 4 rings (SSSR count). The normalized spacial score (nSPS) is 21.8. The van der Waals surface area contributed by atoms with Crippen molar-refractivity contribution < 1.29 is 19.1 Å². The summed E-state index contributed by atoms with van der Waals surface area (Å²) in [5, 5.41) is 3.29. The molecule has 3 aliphatic heterocycles. The van der Waals surface area contributed by atoms with Crippen molar-refractivity contribution in [1.82, 2.24) is 20.0 Å². The fourth-order valence-electron chi connectivity index (χ4n) is 5.17. The number of ether oxygens (including phenoxy) is 2.